The highest BCUT2D eigenvalue weighted by Crippen LogP contribution is 2.16. The third-order valence-corrected chi connectivity index (χ3v) is 2.43. The second-order valence-corrected chi connectivity index (χ2v) is 3.70. The van der Waals surface area contributed by atoms with Gasteiger partial charge in [-0.25, -0.2) is 0 Å². The van der Waals surface area contributed by atoms with Gasteiger partial charge in [-0.3, -0.25) is 30.1 Å². The highest BCUT2D eigenvalue weighted by atomic mass is 16.9. The summed E-state index contributed by atoms with van der Waals surface area (Å²) in [7, 11) is 0. The average molecular weight is 254 g/mol. The maximum atomic E-state index is 11.3. The summed E-state index contributed by atoms with van der Waals surface area (Å²) in [6.45, 7) is 0. The van der Waals surface area contributed by atoms with Crippen LogP contribution in [0.4, 0.5) is 4.79 Å². The lowest BCUT2D eigenvalue weighted by molar-refractivity contribution is -0.170. The van der Waals surface area contributed by atoms with Crippen LogP contribution in [0.2, 0.25) is 0 Å². The van der Waals surface area contributed by atoms with Crippen molar-refractivity contribution in [3.63, 3.8) is 0 Å². The number of hydrogen-bond acceptors (Lipinski definition) is 7. The number of amides is 2. The Hall–Kier alpha value is -2.45. The largest absolute Gasteiger partial charge is 0.559 e. The van der Waals surface area contributed by atoms with E-state index >= 15 is 0 Å². The maximum Gasteiger partial charge on any atom is 0.559 e. The van der Waals surface area contributed by atoms with Gasteiger partial charge in [0.05, 0.1) is 0 Å². The monoisotopic (exact) mass is 254 g/mol. The van der Waals surface area contributed by atoms with Crippen LogP contribution in [0.5, 0.6) is 0 Å². The van der Waals surface area contributed by atoms with Gasteiger partial charge >= 0.3 is 6.16 Å². The number of rotatable bonds is 2. The molecule has 0 spiro atoms. The van der Waals surface area contributed by atoms with Crippen LogP contribution < -0.4 is 0 Å². The van der Waals surface area contributed by atoms with E-state index in [2.05, 4.69) is 9.68 Å². The third-order valence-electron chi connectivity index (χ3n) is 2.43. The van der Waals surface area contributed by atoms with Crippen molar-refractivity contribution in [2.45, 2.75) is 25.7 Å². The molecule has 2 aliphatic heterocycles. The number of carbonyl (C=O) groups excluding carboxylic acids is 3. The molecule has 96 valence electrons. The Labute approximate surface area is 101 Å². The Morgan fingerprint density at radius 2 is 1.28 bits per heavy atom. The SMILES string of the molecule is N=C1CCC(=O)N1OC(=O)ON1C(=N)CCC1=O. The second kappa shape index (κ2) is 4.43. The van der Waals surface area contributed by atoms with Crippen LogP contribution in [0, 0.1) is 10.8 Å². The summed E-state index contributed by atoms with van der Waals surface area (Å²) in [5.74, 6) is -1.36. The Bertz CT molecular complexity index is 388. The zero-order valence-corrected chi connectivity index (χ0v) is 9.26. The number of hydrogen-bond donors (Lipinski definition) is 2. The van der Waals surface area contributed by atoms with Gasteiger partial charge in [0.2, 0.25) is 0 Å². The van der Waals surface area contributed by atoms with Crippen molar-refractivity contribution < 1.29 is 24.1 Å². The third kappa shape index (κ3) is 2.14. The topological polar surface area (TPSA) is 124 Å². The lowest BCUT2D eigenvalue weighted by Crippen LogP contribution is -2.37. The van der Waals surface area contributed by atoms with E-state index in [1.165, 1.54) is 0 Å². The first-order valence-corrected chi connectivity index (χ1v) is 5.19. The normalized spacial score (nSPS) is 19.8. The van der Waals surface area contributed by atoms with E-state index in [0.717, 1.165) is 0 Å². The molecule has 2 rings (SSSR count). The van der Waals surface area contributed by atoms with Crippen LogP contribution in [-0.2, 0) is 19.3 Å². The molecule has 0 unspecified atom stereocenters. The molecule has 18 heavy (non-hydrogen) atoms. The summed E-state index contributed by atoms with van der Waals surface area (Å²) in [4.78, 5) is 42.7. The van der Waals surface area contributed by atoms with Crippen molar-refractivity contribution >= 4 is 29.6 Å². The van der Waals surface area contributed by atoms with E-state index in [1.807, 2.05) is 0 Å². The molecule has 2 amide bonds. The van der Waals surface area contributed by atoms with Crippen molar-refractivity contribution in [3.8, 4) is 0 Å². The predicted octanol–water partition coefficient (Wildman–Crippen LogP) is 0.169. The average Bonchev–Trinajstić information content (AvgIpc) is 2.79. The summed E-state index contributed by atoms with van der Waals surface area (Å²) in [6, 6.07) is 0. The number of nitrogens with zero attached hydrogens (tertiary/aromatic N) is 2. The molecule has 0 atom stereocenters. The van der Waals surface area contributed by atoms with Crippen molar-refractivity contribution in [2.75, 3.05) is 0 Å². The van der Waals surface area contributed by atoms with Gasteiger partial charge in [0.25, 0.3) is 11.8 Å². The van der Waals surface area contributed by atoms with Crippen LogP contribution in [0.25, 0.3) is 0 Å². The summed E-state index contributed by atoms with van der Waals surface area (Å²) in [6.07, 6.45) is -0.778. The van der Waals surface area contributed by atoms with Gasteiger partial charge in [-0.05, 0) is 0 Å². The summed E-state index contributed by atoms with van der Waals surface area (Å²) in [5.41, 5.74) is 0. The first-order valence-electron chi connectivity index (χ1n) is 5.19. The molecule has 0 aromatic carbocycles. The van der Waals surface area contributed by atoms with Crippen LogP contribution in [0.15, 0.2) is 0 Å². The minimum absolute atomic E-state index is 0.0879. The Kier molecular flexibility index (Phi) is 2.96. The molecule has 0 aromatic heterocycles. The molecule has 0 aliphatic carbocycles. The number of hydroxylamine groups is 4. The van der Waals surface area contributed by atoms with E-state index in [4.69, 9.17) is 10.8 Å². The van der Waals surface area contributed by atoms with Gasteiger partial charge in [-0.2, -0.15) is 4.79 Å². The van der Waals surface area contributed by atoms with Gasteiger partial charge in [0.15, 0.2) is 0 Å². The molecular weight excluding hydrogens is 244 g/mol. The molecule has 2 fully saturated rings. The van der Waals surface area contributed by atoms with E-state index in [9.17, 15) is 14.4 Å². The van der Waals surface area contributed by atoms with Gasteiger partial charge in [-0.15, -0.1) is 10.1 Å². The van der Waals surface area contributed by atoms with E-state index < -0.39 is 18.0 Å². The van der Waals surface area contributed by atoms with Crippen molar-refractivity contribution in [2.24, 2.45) is 0 Å². The standard InChI is InChI=1S/C9H10N4O5/c10-5-1-3-7(14)12(5)17-9(16)18-13-6(11)2-4-8(13)15/h10-11H,1-4H2. The molecule has 0 radical (unpaired) electrons. The fourth-order valence-electron chi connectivity index (χ4n) is 1.54. The molecule has 0 saturated carbocycles. The van der Waals surface area contributed by atoms with Crippen LogP contribution in [0.3, 0.4) is 0 Å². The molecule has 0 bridgehead atoms. The van der Waals surface area contributed by atoms with Crippen molar-refractivity contribution in [3.05, 3.63) is 0 Å². The fourth-order valence-corrected chi connectivity index (χ4v) is 1.54. The smallest absolute Gasteiger partial charge is 0.295 e. The first-order chi connectivity index (χ1) is 8.49. The fraction of sp³-hybridized carbons (Fsp3) is 0.444. The Balaban J connectivity index is 1.93. The zero-order valence-electron chi connectivity index (χ0n) is 9.26. The zero-order chi connectivity index (χ0) is 13.3. The second-order valence-electron chi connectivity index (χ2n) is 3.70. The lowest BCUT2D eigenvalue weighted by Gasteiger charge is -2.17. The summed E-state index contributed by atoms with van der Waals surface area (Å²) >= 11 is 0. The molecular formula is C9H10N4O5. The summed E-state index contributed by atoms with van der Waals surface area (Å²) in [5, 5.41) is 15.7. The molecule has 2 saturated heterocycles. The van der Waals surface area contributed by atoms with E-state index in [1.54, 1.807) is 0 Å². The molecule has 9 heteroatoms. The van der Waals surface area contributed by atoms with Crippen molar-refractivity contribution in [1.29, 1.82) is 10.8 Å². The maximum absolute atomic E-state index is 11.3. The van der Waals surface area contributed by atoms with E-state index in [0.29, 0.717) is 10.1 Å². The molecule has 9 nitrogen and oxygen atoms in total. The number of carbonyl (C=O) groups is 3. The Morgan fingerprint density at radius 1 is 0.889 bits per heavy atom. The van der Waals surface area contributed by atoms with Crippen LogP contribution >= 0.6 is 0 Å². The molecule has 2 heterocycles. The van der Waals surface area contributed by atoms with Crippen LogP contribution in [0.1, 0.15) is 25.7 Å². The van der Waals surface area contributed by atoms with E-state index in [-0.39, 0.29) is 37.4 Å². The quantitative estimate of drug-likeness (QED) is 0.726. The van der Waals surface area contributed by atoms with Gasteiger partial charge < -0.3 is 0 Å². The lowest BCUT2D eigenvalue weighted by atomic mass is 10.4. The number of amidine groups is 2. The Morgan fingerprint density at radius 3 is 1.56 bits per heavy atom. The molecule has 2 N–H and O–H groups in total. The molecule has 0 aromatic rings. The highest BCUT2D eigenvalue weighted by molar-refractivity contribution is 6.04. The first kappa shape index (κ1) is 12.0. The summed E-state index contributed by atoms with van der Waals surface area (Å²) < 4.78 is 0. The van der Waals surface area contributed by atoms with Crippen molar-refractivity contribution in [1.82, 2.24) is 10.1 Å². The molecule has 2 aliphatic rings. The minimum Gasteiger partial charge on any atom is -0.295 e. The van der Waals surface area contributed by atoms with Crippen LogP contribution in [-0.4, -0.2) is 39.8 Å². The predicted molar refractivity (Wildman–Crippen MR) is 55.2 cm³/mol. The van der Waals surface area contributed by atoms with Gasteiger partial charge in [0.1, 0.15) is 11.7 Å². The van der Waals surface area contributed by atoms with Gasteiger partial charge in [0, 0.05) is 25.7 Å². The number of nitrogens with one attached hydrogen (secondary N) is 2. The minimum atomic E-state index is -1.32. The van der Waals surface area contributed by atoms with Gasteiger partial charge in [-0.1, -0.05) is 0 Å². The highest BCUT2D eigenvalue weighted by Gasteiger charge is 2.34.